The number of hydrogen-bond acceptors (Lipinski definition) is 4. The zero-order chi connectivity index (χ0) is 16.2. The van der Waals surface area contributed by atoms with Gasteiger partial charge in [0.1, 0.15) is 6.04 Å². The molecule has 116 valence electrons. The van der Waals surface area contributed by atoms with Gasteiger partial charge in [0.25, 0.3) is 0 Å². The van der Waals surface area contributed by atoms with Gasteiger partial charge in [-0.3, -0.25) is 9.59 Å². The summed E-state index contributed by atoms with van der Waals surface area (Å²) in [7, 11) is -4.06. The van der Waals surface area contributed by atoms with Crippen molar-refractivity contribution >= 4 is 37.9 Å². The lowest BCUT2D eigenvalue weighted by Gasteiger charge is -2.15. The first kappa shape index (κ1) is 17.6. The number of halogens is 1. The second-order valence-corrected chi connectivity index (χ2v) is 6.95. The van der Waals surface area contributed by atoms with Crippen LogP contribution in [0.1, 0.15) is 18.4 Å². The van der Waals surface area contributed by atoms with Gasteiger partial charge >= 0.3 is 11.9 Å². The fourth-order valence-corrected chi connectivity index (χ4v) is 3.62. The number of carboxylic acids is 2. The molecule has 0 aliphatic carbocycles. The van der Waals surface area contributed by atoms with E-state index >= 15 is 0 Å². The van der Waals surface area contributed by atoms with Gasteiger partial charge in [-0.05, 0) is 31.0 Å². The van der Waals surface area contributed by atoms with Gasteiger partial charge in [0.15, 0.2) is 0 Å². The second kappa shape index (κ2) is 7.01. The van der Waals surface area contributed by atoms with E-state index in [0.29, 0.717) is 10.0 Å². The molecule has 1 aromatic carbocycles. The van der Waals surface area contributed by atoms with Crippen molar-refractivity contribution in [3.8, 4) is 0 Å². The Labute approximate surface area is 130 Å². The third-order valence-electron chi connectivity index (χ3n) is 2.68. The third-order valence-corrected chi connectivity index (χ3v) is 4.79. The number of sulfonamides is 1. The number of hydrogen-bond donors (Lipinski definition) is 3. The lowest BCUT2D eigenvalue weighted by molar-refractivity contribution is -0.140. The van der Waals surface area contributed by atoms with Gasteiger partial charge in [0.05, 0.1) is 4.90 Å². The topological polar surface area (TPSA) is 121 Å². The van der Waals surface area contributed by atoms with E-state index in [9.17, 15) is 18.0 Å². The fourth-order valence-electron chi connectivity index (χ4n) is 1.61. The van der Waals surface area contributed by atoms with Crippen molar-refractivity contribution in [3.05, 3.63) is 28.2 Å². The van der Waals surface area contributed by atoms with Crippen molar-refractivity contribution in [1.82, 2.24) is 4.72 Å². The summed E-state index contributed by atoms with van der Waals surface area (Å²) in [5.74, 6) is -2.62. The van der Waals surface area contributed by atoms with Crippen LogP contribution in [0, 0.1) is 6.92 Å². The van der Waals surface area contributed by atoms with Crippen molar-refractivity contribution in [2.24, 2.45) is 0 Å². The van der Waals surface area contributed by atoms with Crippen LogP contribution in [-0.2, 0) is 19.6 Å². The van der Waals surface area contributed by atoms with Crippen molar-refractivity contribution in [1.29, 1.82) is 0 Å². The minimum absolute atomic E-state index is 0.0570. The molecule has 0 heterocycles. The fraction of sp³-hybridized carbons (Fsp3) is 0.333. The van der Waals surface area contributed by atoms with Crippen LogP contribution in [-0.4, -0.2) is 36.6 Å². The maximum Gasteiger partial charge on any atom is 0.321 e. The normalized spacial score (nSPS) is 12.9. The Kier molecular flexibility index (Phi) is 5.87. The Morgan fingerprint density at radius 3 is 2.48 bits per heavy atom. The number of aryl methyl sites for hydroxylation is 1. The molecule has 3 N–H and O–H groups in total. The lowest BCUT2D eigenvalue weighted by atomic mass is 10.2. The average molecular weight is 380 g/mol. The summed E-state index contributed by atoms with van der Waals surface area (Å²) >= 11 is 3.15. The second-order valence-electron chi connectivity index (χ2n) is 4.35. The predicted molar refractivity (Wildman–Crippen MR) is 77.5 cm³/mol. The molecule has 0 amide bonds. The first-order chi connectivity index (χ1) is 9.63. The number of rotatable bonds is 7. The molecule has 0 aliphatic heterocycles. The van der Waals surface area contributed by atoms with Crippen LogP contribution < -0.4 is 4.72 Å². The van der Waals surface area contributed by atoms with Crippen LogP contribution in [0.15, 0.2) is 27.6 Å². The average Bonchev–Trinajstić information content (AvgIpc) is 2.36. The molecule has 9 heteroatoms. The van der Waals surface area contributed by atoms with E-state index in [0.717, 1.165) is 0 Å². The van der Waals surface area contributed by atoms with E-state index in [2.05, 4.69) is 15.9 Å². The Bertz CT molecular complexity index is 658. The van der Waals surface area contributed by atoms with Crippen LogP contribution in [0.5, 0.6) is 0 Å². The molecule has 0 unspecified atom stereocenters. The molecule has 0 radical (unpaired) electrons. The van der Waals surface area contributed by atoms with Gasteiger partial charge in [-0.1, -0.05) is 22.0 Å². The van der Waals surface area contributed by atoms with Crippen molar-refractivity contribution in [2.45, 2.75) is 30.7 Å². The summed E-state index contributed by atoms with van der Waals surface area (Å²) in [6.45, 7) is 1.58. The lowest BCUT2D eigenvalue weighted by Crippen LogP contribution is -2.41. The first-order valence-corrected chi connectivity index (χ1v) is 8.14. The molecule has 1 aromatic rings. The SMILES string of the molecule is Cc1ccc(Br)cc1S(=O)(=O)N[C@@H](CCC(=O)O)C(=O)O. The van der Waals surface area contributed by atoms with Crippen LogP contribution in [0.2, 0.25) is 0 Å². The minimum atomic E-state index is -4.06. The molecule has 0 spiro atoms. The summed E-state index contributed by atoms with van der Waals surface area (Å²) in [4.78, 5) is 21.5. The molecule has 0 aliphatic rings. The quantitative estimate of drug-likeness (QED) is 0.657. The van der Waals surface area contributed by atoms with E-state index in [-0.39, 0.29) is 11.3 Å². The van der Waals surface area contributed by atoms with Crippen LogP contribution in [0.3, 0.4) is 0 Å². The molecule has 7 nitrogen and oxygen atoms in total. The molecule has 1 rings (SSSR count). The maximum atomic E-state index is 12.2. The van der Waals surface area contributed by atoms with E-state index in [4.69, 9.17) is 10.2 Å². The van der Waals surface area contributed by atoms with Crippen LogP contribution >= 0.6 is 15.9 Å². The number of carboxylic acid groups (broad SMARTS) is 2. The highest BCUT2D eigenvalue weighted by atomic mass is 79.9. The zero-order valence-corrected chi connectivity index (χ0v) is 13.4. The summed E-state index contributed by atoms with van der Waals surface area (Å²) < 4.78 is 27.0. The van der Waals surface area contributed by atoms with Crippen molar-refractivity contribution in [2.75, 3.05) is 0 Å². The van der Waals surface area contributed by atoms with Crippen molar-refractivity contribution < 1.29 is 28.2 Å². The Balaban J connectivity index is 3.03. The zero-order valence-electron chi connectivity index (χ0n) is 11.0. The number of nitrogens with one attached hydrogen (secondary N) is 1. The molecule has 1 atom stereocenters. The summed E-state index contributed by atoms with van der Waals surface area (Å²) in [6.07, 6.45) is -0.784. The molecule has 0 saturated carbocycles. The van der Waals surface area contributed by atoms with Gasteiger partial charge in [-0.25, -0.2) is 8.42 Å². The maximum absolute atomic E-state index is 12.2. The van der Waals surface area contributed by atoms with Crippen molar-refractivity contribution in [3.63, 3.8) is 0 Å². The predicted octanol–water partition coefficient (Wildman–Crippen LogP) is 1.35. The van der Waals surface area contributed by atoms with Crippen LogP contribution in [0.4, 0.5) is 0 Å². The smallest absolute Gasteiger partial charge is 0.321 e. The molecule has 0 fully saturated rings. The highest BCUT2D eigenvalue weighted by Gasteiger charge is 2.27. The Morgan fingerprint density at radius 2 is 1.95 bits per heavy atom. The number of benzene rings is 1. The first-order valence-electron chi connectivity index (χ1n) is 5.86. The van der Waals surface area contributed by atoms with Gasteiger partial charge in [0.2, 0.25) is 10.0 Å². The number of aliphatic carboxylic acids is 2. The minimum Gasteiger partial charge on any atom is -0.481 e. The monoisotopic (exact) mass is 379 g/mol. The molecule has 21 heavy (non-hydrogen) atoms. The summed E-state index contributed by atoms with van der Waals surface area (Å²) in [5, 5.41) is 17.6. The van der Waals surface area contributed by atoms with Gasteiger partial charge < -0.3 is 10.2 Å². The molecule has 0 aromatic heterocycles. The summed E-state index contributed by atoms with van der Waals surface area (Å²) in [5.41, 5.74) is 0.452. The molecular formula is C12H14BrNO6S. The van der Waals surface area contributed by atoms with Gasteiger partial charge in [0, 0.05) is 10.9 Å². The van der Waals surface area contributed by atoms with E-state index in [1.165, 1.54) is 6.07 Å². The standard InChI is InChI=1S/C12H14BrNO6S/c1-7-2-3-8(13)6-10(7)21(19,20)14-9(12(17)18)4-5-11(15)16/h2-3,6,9,14H,4-5H2,1H3,(H,15,16)(H,17,18)/t9-/m0/s1. The van der Waals surface area contributed by atoms with Crippen LogP contribution in [0.25, 0.3) is 0 Å². The Morgan fingerprint density at radius 1 is 1.33 bits per heavy atom. The molecular weight excluding hydrogens is 366 g/mol. The largest absolute Gasteiger partial charge is 0.481 e. The number of carbonyl (C=O) groups is 2. The highest BCUT2D eigenvalue weighted by molar-refractivity contribution is 9.10. The molecule has 0 bridgehead atoms. The third kappa shape index (κ3) is 5.10. The van der Waals surface area contributed by atoms with Gasteiger partial charge in [-0.15, -0.1) is 0 Å². The summed E-state index contributed by atoms with van der Waals surface area (Å²) in [6, 6.07) is 3.09. The van der Waals surface area contributed by atoms with E-state index in [1.54, 1.807) is 19.1 Å². The Hall–Kier alpha value is -1.45. The highest BCUT2D eigenvalue weighted by Crippen LogP contribution is 2.21. The van der Waals surface area contributed by atoms with E-state index in [1.807, 2.05) is 4.72 Å². The van der Waals surface area contributed by atoms with E-state index < -0.39 is 34.4 Å². The molecule has 0 saturated heterocycles. The van der Waals surface area contributed by atoms with Gasteiger partial charge in [-0.2, -0.15) is 4.72 Å².